The van der Waals surface area contributed by atoms with Gasteiger partial charge in [0.25, 0.3) is 10.0 Å². The second kappa shape index (κ2) is 8.91. The maximum absolute atomic E-state index is 13.2. The molecule has 0 aliphatic carbocycles. The van der Waals surface area contributed by atoms with Crippen molar-refractivity contribution in [3.05, 3.63) is 64.2 Å². The van der Waals surface area contributed by atoms with Crippen LogP contribution in [-0.4, -0.2) is 14.6 Å². The molecule has 0 atom stereocenters. The summed E-state index contributed by atoms with van der Waals surface area (Å²) in [6.45, 7) is 14.4. The zero-order chi connectivity index (χ0) is 21.1. The van der Waals surface area contributed by atoms with Gasteiger partial charge in [0.15, 0.2) is 0 Å². The minimum absolute atomic E-state index is 0.0869. The van der Waals surface area contributed by atoms with E-state index in [-0.39, 0.29) is 11.8 Å². The van der Waals surface area contributed by atoms with Crippen LogP contribution in [0.1, 0.15) is 87.1 Å². The molecular weight excluding hydrogens is 368 g/mol. The summed E-state index contributed by atoms with van der Waals surface area (Å²) >= 11 is 0. The first-order valence-electron chi connectivity index (χ1n) is 9.82. The van der Waals surface area contributed by atoms with E-state index in [1.54, 1.807) is 0 Å². The van der Waals surface area contributed by atoms with Gasteiger partial charge >= 0.3 is 0 Å². The van der Waals surface area contributed by atoms with E-state index in [9.17, 15) is 8.42 Å². The molecule has 0 bridgehead atoms. The van der Waals surface area contributed by atoms with Crippen molar-refractivity contribution in [2.24, 2.45) is 5.10 Å². The van der Waals surface area contributed by atoms with Crippen molar-refractivity contribution in [3.8, 4) is 0 Å². The first-order chi connectivity index (χ1) is 13.0. The van der Waals surface area contributed by atoms with Crippen molar-refractivity contribution in [2.45, 2.75) is 71.1 Å². The smallest absolute Gasteiger partial charge is 0.200 e. The summed E-state index contributed by atoms with van der Waals surface area (Å²) in [5, 5.41) is 4.01. The molecule has 152 valence electrons. The van der Waals surface area contributed by atoms with Crippen molar-refractivity contribution >= 4 is 16.2 Å². The predicted octanol–water partition coefficient (Wildman–Crippen LogP) is 5.68. The largest absolute Gasteiger partial charge is 0.277 e. The first kappa shape index (κ1) is 22.2. The van der Waals surface area contributed by atoms with Gasteiger partial charge in [0.1, 0.15) is 0 Å². The topological polar surface area (TPSA) is 58.5 Å². The van der Waals surface area contributed by atoms with Gasteiger partial charge in [-0.2, -0.15) is 13.5 Å². The van der Waals surface area contributed by atoms with Crippen molar-refractivity contribution < 1.29 is 8.42 Å². The average molecular weight is 401 g/mol. The summed E-state index contributed by atoms with van der Waals surface area (Å²) in [6.07, 6.45) is 1.53. The molecule has 0 saturated carbocycles. The lowest BCUT2D eigenvalue weighted by Gasteiger charge is -2.22. The SMILES string of the molecule is Cc1ccc(/C=N/NS(=O)(=O)c2c(C(C)C)cc(C(C)C)cc2C(C)C)cc1. The molecule has 4 nitrogen and oxygen atoms in total. The van der Waals surface area contributed by atoms with Gasteiger partial charge in [-0.1, -0.05) is 83.5 Å². The second-order valence-corrected chi connectivity index (χ2v) is 9.85. The number of nitrogens with one attached hydrogen (secondary N) is 1. The fraction of sp³-hybridized carbons (Fsp3) is 0.435. The molecule has 0 unspecified atom stereocenters. The Labute approximate surface area is 170 Å². The summed E-state index contributed by atoms with van der Waals surface area (Å²) in [7, 11) is -3.78. The van der Waals surface area contributed by atoms with E-state index in [2.05, 4.69) is 23.8 Å². The van der Waals surface area contributed by atoms with E-state index in [0.717, 1.165) is 27.8 Å². The zero-order valence-electron chi connectivity index (χ0n) is 17.9. The lowest BCUT2D eigenvalue weighted by Crippen LogP contribution is -2.23. The fourth-order valence-electron chi connectivity index (χ4n) is 3.07. The molecule has 0 aromatic heterocycles. The Hall–Kier alpha value is -2.14. The maximum atomic E-state index is 13.2. The normalized spacial score (nSPS) is 12.5. The van der Waals surface area contributed by atoms with E-state index < -0.39 is 10.0 Å². The van der Waals surface area contributed by atoms with Gasteiger partial charge in [-0.15, -0.1) is 0 Å². The summed E-state index contributed by atoms with van der Waals surface area (Å²) in [6, 6.07) is 11.8. The fourth-order valence-corrected chi connectivity index (χ4v) is 4.56. The second-order valence-electron chi connectivity index (χ2n) is 8.26. The molecule has 0 radical (unpaired) electrons. The Morgan fingerprint density at radius 3 is 1.79 bits per heavy atom. The highest BCUT2D eigenvalue weighted by molar-refractivity contribution is 7.89. The molecule has 0 spiro atoms. The third-order valence-electron chi connectivity index (χ3n) is 4.81. The van der Waals surface area contributed by atoms with Gasteiger partial charge in [-0.25, -0.2) is 4.83 Å². The number of sulfonamides is 1. The Kier molecular flexibility index (Phi) is 7.05. The Morgan fingerprint density at radius 1 is 0.857 bits per heavy atom. The van der Waals surface area contributed by atoms with Gasteiger partial charge in [-0.3, -0.25) is 0 Å². The van der Waals surface area contributed by atoms with Crippen molar-refractivity contribution in [2.75, 3.05) is 0 Å². The van der Waals surface area contributed by atoms with Gasteiger partial charge in [0.05, 0.1) is 11.1 Å². The van der Waals surface area contributed by atoms with Crippen LogP contribution in [0.25, 0.3) is 0 Å². The Bertz CT molecular complexity index is 912. The minimum Gasteiger partial charge on any atom is -0.200 e. The van der Waals surface area contributed by atoms with Crippen LogP contribution in [-0.2, 0) is 10.0 Å². The van der Waals surface area contributed by atoms with E-state index in [1.807, 2.05) is 71.0 Å². The van der Waals surface area contributed by atoms with Gasteiger partial charge < -0.3 is 0 Å². The Balaban J connectivity index is 2.49. The van der Waals surface area contributed by atoms with Crippen molar-refractivity contribution in [1.29, 1.82) is 0 Å². The monoisotopic (exact) mass is 400 g/mol. The molecule has 0 heterocycles. The number of benzene rings is 2. The highest BCUT2D eigenvalue weighted by Gasteiger charge is 2.26. The van der Waals surface area contributed by atoms with Crippen LogP contribution in [0.3, 0.4) is 0 Å². The standard InChI is InChI=1S/C23H32N2O2S/c1-15(2)20-12-21(16(3)4)23(22(13-20)17(5)6)28(26,27)25-24-14-19-10-8-18(7)9-11-19/h8-17,25H,1-7H3/b24-14+. The van der Waals surface area contributed by atoms with Crippen molar-refractivity contribution in [1.82, 2.24) is 4.83 Å². The van der Waals surface area contributed by atoms with Crippen LogP contribution in [0.4, 0.5) is 0 Å². The lowest BCUT2D eigenvalue weighted by molar-refractivity contribution is 0.579. The molecule has 0 fully saturated rings. The van der Waals surface area contributed by atoms with Crippen LogP contribution in [0.2, 0.25) is 0 Å². The predicted molar refractivity (Wildman–Crippen MR) is 118 cm³/mol. The van der Waals surface area contributed by atoms with Crippen LogP contribution in [0, 0.1) is 6.92 Å². The summed E-state index contributed by atoms with van der Waals surface area (Å²) in [5.74, 6) is 0.506. The number of hydrazone groups is 1. The molecule has 0 aliphatic heterocycles. The molecule has 0 amide bonds. The van der Waals surface area contributed by atoms with E-state index in [0.29, 0.717) is 10.8 Å². The lowest BCUT2D eigenvalue weighted by atomic mass is 9.89. The minimum atomic E-state index is -3.78. The number of aryl methyl sites for hydroxylation is 1. The number of hydrogen-bond donors (Lipinski definition) is 1. The molecule has 5 heteroatoms. The van der Waals surface area contributed by atoms with E-state index >= 15 is 0 Å². The molecule has 0 aliphatic rings. The average Bonchev–Trinajstić information content (AvgIpc) is 2.61. The quantitative estimate of drug-likeness (QED) is 0.480. The summed E-state index contributed by atoms with van der Waals surface area (Å²) in [4.78, 5) is 2.78. The third-order valence-corrected chi connectivity index (χ3v) is 6.17. The van der Waals surface area contributed by atoms with E-state index in [4.69, 9.17) is 0 Å². The highest BCUT2D eigenvalue weighted by Crippen LogP contribution is 2.34. The zero-order valence-corrected chi connectivity index (χ0v) is 18.8. The number of rotatable bonds is 7. The molecule has 2 rings (SSSR count). The number of hydrogen-bond acceptors (Lipinski definition) is 3. The van der Waals surface area contributed by atoms with E-state index in [1.165, 1.54) is 6.21 Å². The van der Waals surface area contributed by atoms with Crippen LogP contribution >= 0.6 is 0 Å². The third kappa shape index (κ3) is 5.22. The number of nitrogens with zero attached hydrogens (tertiary/aromatic N) is 1. The first-order valence-corrected chi connectivity index (χ1v) is 11.3. The molecule has 0 saturated heterocycles. The molecular formula is C23H32N2O2S. The Morgan fingerprint density at radius 2 is 1.36 bits per heavy atom. The van der Waals surface area contributed by atoms with Crippen LogP contribution in [0.5, 0.6) is 0 Å². The van der Waals surface area contributed by atoms with Crippen molar-refractivity contribution in [3.63, 3.8) is 0 Å². The molecule has 28 heavy (non-hydrogen) atoms. The van der Waals surface area contributed by atoms with Crippen LogP contribution < -0.4 is 4.83 Å². The summed E-state index contributed by atoms with van der Waals surface area (Å²) in [5.41, 5.74) is 4.83. The maximum Gasteiger partial charge on any atom is 0.277 e. The van der Waals surface area contributed by atoms with Gasteiger partial charge in [0.2, 0.25) is 0 Å². The highest BCUT2D eigenvalue weighted by atomic mass is 32.2. The summed E-state index contributed by atoms with van der Waals surface area (Å²) < 4.78 is 26.4. The van der Waals surface area contributed by atoms with Crippen LogP contribution in [0.15, 0.2) is 46.4 Å². The molecule has 2 aromatic rings. The molecule has 1 N–H and O–H groups in total. The van der Waals surface area contributed by atoms with Gasteiger partial charge in [0, 0.05) is 0 Å². The van der Waals surface area contributed by atoms with Gasteiger partial charge in [-0.05, 0) is 46.9 Å². The molecule has 2 aromatic carbocycles.